The van der Waals surface area contributed by atoms with Gasteiger partial charge in [-0.25, -0.2) is 9.78 Å². The van der Waals surface area contributed by atoms with Crippen LogP contribution < -0.4 is 10.6 Å². The molecule has 0 radical (unpaired) electrons. The first-order valence-corrected chi connectivity index (χ1v) is 20.1. The molecule has 1 aliphatic heterocycles. The Kier molecular flexibility index (Phi) is 12.2. The number of carbonyl (C=O) groups excluding carboxylic acids is 1. The maximum absolute atomic E-state index is 12.6. The van der Waals surface area contributed by atoms with Crippen molar-refractivity contribution in [1.82, 2.24) is 15.6 Å². The molecule has 2 heterocycles. The van der Waals surface area contributed by atoms with E-state index in [0.717, 1.165) is 61.5 Å². The molecule has 0 saturated carbocycles. The average molecular weight is 774 g/mol. The van der Waals surface area contributed by atoms with E-state index in [9.17, 15) is 9.90 Å². The Morgan fingerprint density at radius 1 is 0.649 bits per heavy atom. The summed E-state index contributed by atoms with van der Waals surface area (Å²) in [6, 6.07) is 54.0. The number of hydrogen-bond acceptors (Lipinski definition) is 7. The first-order chi connectivity index (χ1) is 28.1. The summed E-state index contributed by atoms with van der Waals surface area (Å²) in [5, 5.41) is 16.2. The first-order valence-electron chi connectivity index (χ1n) is 19.1. The quantitative estimate of drug-likeness (QED) is 0.100. The summed E-state index contributed by atoms with van der Waals surface area (Å²) in [5.74, 6) is 1.34. The van der Waals surface area contributed by atoms with Gasteiger partial charge in [0.25, 0.3) is 5.22 Å². The Hall–Kier alpha value is -5.97. The largest absolute Gasteiger partial charge is 0.431 e. The van der Waals surface area contributed by atoms with Gasteiger partial charge in [0.1, 0.15) is 5.69 Å². The summed E-state index contributed by atoms with van der Waals surface area (Å²) in [7, 11) is 0. The highest BCUT2D eigenvalue weighted by Gasteiger charge is 2.33. The molecule has 9 heteroatoms. The standard InChI is InChI=1S/C48H43N3O5S/c52-31-34-20-22-36(23-21-34)43-28-41(32-57-48-51-44(37-14-6-2-7-15-37)45(56-48)38-16-8-3-9-17-38)54-46(55-43)39-26-24-35(25-27-39)42-19-11-10-18-40(42)30-50-47(53)49-29-33-12-4-1-5-13-33/h1-27,41,43,46,52H,28-32H2,(H2,49,50,53)/t41-,43+,46+/m0/s1. The second kappa shape index (κ2) is 18.3. The third-order valence-corrected chi connectivity index (χ3v) is 10.9. The van der Waals surface area contributed by atoms with Crippen molar-refractivity contribution >= 4 is 17.8 Å². The van der Waals surface area contributed by atoms with Gasteiger partial charge in [0, 0.05) is 42.0 Å². The molecule has 1 aromatic heterocycles. The summed E-state index contributed by atoms with van der Waals surface area (Å²) >= 11 is 1.54. The summed E-state index contributed by atoms with van der Waals surface area (Å²) < 4.78 is 19.8. The number of rotatable bonds is 13. The Bertz CT molecular complexity index is 2300. The van der Waals surface area contributed by atoms with E-state index in [1.165, 1.54) is 11.8 Å². The summed E-state index contributed by atoms with van der Waals surface area (Å²) in [6.07, 6.45) is -0.388. The maximum atomic E-state index is 12.6. The SMILES string of the molecule is O=C(NCc1ccccc1)NCc1ccccc1-c1ccc([C@@H]2O[C@H](CSc3nc(-c4ccccc4)c(-c4ccccc4)o3)C[C@H](c3ccc(CO)cc3)O2)cc1. The molecule has 0 spiro atoms. The number of nitrogens with zero attached hydrogens (tertiary/aromatic N) is 1. The number of amides is 2. The minimum Gasteiger partial charge on any atom is -0.431 e. The normalized spacial score (nSPS) is 16.5. The zero-order chi connectivity index (χ0) is 38.8. The molecule has 8 rings (SSSR count). The number of carbonyl (C=O) groups is 1. The fourth-order valence-electron chi connectivity index (χ4n) is 6.92. The number of nitrogens with one attached hydrogen (secondary N) is 2. The summed E-state index contributed by atoms with van der Waals surface area (Å²) in [6.45, 7) is 0.823. The van der Waals surface area contributed by atoms with Crippen LogP contribution in [0, 0.1) is 0 Å². The fraction of sp³-hybridized carbons (Fsp3) is 0.167. The molecular formula is C48H43N3O5S. The third-order valence-electron chi connectivity index (χ3n) is 9.94. The van der Waals surface area contributed by atoms with E-state index < -0.39 is 6.29 Å². The van der Waals surface area contributed by atoms with Crippen molar-refractivity contribution in [3.63, 3.8) is 0 Å². The van der Waals surface area contributed by atoms with Gasteiger partial charge in [0.15, 0.2) is 12.1 Å². The molecule has 0 bridgehead atoms. The van der Waals surface area contributed by atoms with E-state index in [1.54, 1.807) is 0 Å². The molecule has 8 nitrogen and oxygen atoms in total. The van der Waals surface area contributed by atoms with Gasteiger partial charge in [-0.2, -0.15) is 0 Å². The van der Waals surface area contributed by atoms with Crippen LogP contribution in [0.15, 0.2) is 173 Å². The van der Waals surface area contributed by atoms with Crippen LogP contribution in [0.4, 0.5) is 4.79 Å². The number of aromatic nitrogens is 1. The number of aliphatic hydroxyl groups excluding tert-OH is 1. The number of urea groups is 1. The summed E-state index contributed by atoms with van der Waals surface area (Å²) in [4.78, 5) is 17.6. The van der Waals surface area contributed by atoms with Crippen LogP contribution in [0.5, 0.6) is 0 Å². The minimum absolute atomic E-state index is 0.0180. The lowest BCUT2D eigenvalue weighted by Crippen LogP contribution is -2.34. The van der Waals surface area contributed by atoms with Gasteiger partial charge >= 0.3 is 6.03 Å². The van der Waals surface area contributed by atoms with E-state index in [0.29, 0.717) is 30.5 Å². The third kappa shape index (κ3) is 9.53. The maximum Gasteiger partial charge on any atom is 0.315 e. The van der Waals surface area contributed by atoms with Crippen LogP contribution in [-0.4, -0.2) is 28.0 Å². The van der Waals surface area contributed by atoms with Crippen LogP contribution in [0.2, 0.25) is 0 Å². The van der Waals surface area contributed by atoms with E-state index in [2.05, 4.69) is 28.8 Å². The molecule has 1 aliphatic rings. The van der Waals surface area contributed by atoms with Crippen LogP contribution in [0.1, 0.15) is 46.6 Å². The Labute approximate surface area is 336 Å². The minimum atomic E-state index is -0.615. The number of benzene rings is 6. The second-order valence-electron chi connectivity index (χ2n) is 13.9. The molecule has 7 aromatic rings. The van der Waals surface area contributed by atoms with Crippen LogP contribution >= 0.6 is 11.8 Å². The Morgan fingerprint density at radius 3 is 2.00 bits per heavy atom. The lowest BCUT2D eigenvalue weighted by atomic mass is 9.98. The lowest BCUT2D eigenvalue weighted by Gasteiger charge is -2.36. The number of hydrogen-bond donors (Lipinski definition) is 3. The van der Waals surface area contributed by atoms with Gasteiger partial charge in [-0.3, -0.25) is 0 Å². The van der Waals surface area contributed by atoms with Crippen molar-refractivity contribution in [2.24, 2.45) is 0 Å². The molecule has 2 amide bonds. The number of thioether (sulfide) groups is 1. The molecular weight excluding hydrogens is 731 g/mol. The molecule has 286 valence electrons. The van der Waals surface area contributed by atoms with Crippen molar-refractivity contribution in [3.05, 3.63) is 192 Å². The van der Waals surface area contributed by atoms with Crippen LogP contribution in [0.3, 0.4) is 0 Å². The average Bonchev–Trinajstić information content (AvgIpc) is 3.72. The molecule has 6 aromatic carbocycles. The predicted octanol–water partition coefficient (Wildman–Crippen LogP) is 10.5. The molecule has 3 N–H and O–H groups in total. The fourth-order valence-corrected chi connectivity index (χ4v) is 7.76. The van der Waals surface area contributed by atoms with E-state index >= 15 is 0 Å². The molecule has 1 fully saturated rings. The first kappa shape index (κ1) is 37.9. The van der Waals surface area contributed by atoms with Crippen molar-refractivity contribution < 1.29 is 23.8 Å². The number of ether oxygens (including phenoxy) is 2. The topological polar surface area (TPSA) is 106 Å². The van der Waals surface area contributed by atoms with Crippen molar-refractivity contribution in [1.29, 1.82) is 0 Å². The van der Waals surface area contributed by atoms with Crippen molar-refractivity contribution in [3.8, 4) is 33.7 Å². The molecule has 0 aliphatic carbocycles. The molecule has 0 unspecified atom stereocenters. The Balaban J connectivity index is 0.985. The van der Waals surface area contributed by atoms with E-state index in [4.69, 9.17) is 18.9 Å². The van der Waals surface area contributed by atoms with Gasteiger partial charge in [-0.1, -0.05) is 176 Å². The summed E-state index contributed by atoms with van der Waals surface area (Å²) in [5.41, 5.74) is 9.64. The van der Waals surface area contributed by atoms with E-state index in [-0.39, 0.29) is 24.8 Å². The predicted molar refractivity (Wildman–Crippen MR) is 224 cm³/mol. The van der Waals surface area contributed by atoms with E-state index in [1.807, 2.05) is 146 Å². The van der Waals surface area contributed by atoms with Crippen LogP contribution in [-0.2, 0) is 29.2 Å². The highest BCUT2D eigenvalue weighted by atomic mass is 32.2. The van der Waals surface area contributed by atoms with Gasteiger partial charge in [-0.15, -0.1) is 0 Å². The number of aliphatic hydroxyl groups is 1. The zero-order valence-corrected chi connectivity index (χ0v) is 32.1. The van der Waals surface area contributed by atoms with Crippen molar-refractivity contribution in [2.45, 2.75) is 49.8 Å². The lowest BCUT2D eigenvalue weighted by molar-refractivity contribution is -0.245. The van der Waals surface area contributed by atoms with Crippen molar-refractivity contribution in [2.75, 3.05) is 5.75 Å². The second-order valence-corrected chi connectivity index (χ2v) is 14.8. The Morgan fingerprint density at radius 2 is 1.28 bits per heavy atom. The van der Waals surface area contributed by atoms with Gasteiger partial charge < -0.3 is 29.6 Å². The highest BCUT2D eigenvalue weighted by molar-refractivity contribution is 7.99. The van der Waals surface area contributed by atoms with Gasteiger partial charge in [0.2, 0.25) is 0 Å². The smallest absolute Gasteiger partial charge is 0.315 e. The van der Waals surface area contributed by atoms with Gasteiger partial charge in [0.05, 0.1) is 18.8 Å². The highest BCUT2D eigenvalue weighted by Crippen LogP contribution is 2.41. The molecule has 3 atom stereocenters. The molecule has 57 heavy (non-hydrogen) atoms. The number of oxazole rings is 1. The monoisotopic (exact) mass is 773 g/mol. The van der Waals surface area contributed by atoms with Crippen LogP contribution in [0.25, 0.3) is 33.7 Å². The molecule has 1 saturated heterocycles. The van der Waals surface area contributed by atoms with Gasteiger partial charge in [-0.05, 0) is 33.4 Å². The zero-order valence-electron chi connectivity index (χ0n) is 31.3.